The number of hydrogen-bond acceptors (Lipinski definition) is 6. The Bertz CT molecular complexity index is 724. The van der Waals surface area contributed by atoms with E-state index in [0.29, 0.717) is 4.34 Å². The maximum Gasteiger partial charge on any atom is 0.417 e. The first kappa shape index (κ1) is 16.3. The third-order valence-corrected chi connectivity index (χ3v) is 4.20. The van der Waals surface area contributed by atoms with Crippen LogP contribution in [0.2, 0.25) is 0 Å². The molecule has 22 heavy (non-hydrogen) atoms. The maximum absolute atomic E-state index is 12.9. The predicted molar refractivity (Wildman–Crippen MR) is 75.6 cm³/mol. The van der Waals surface area contributed by atoms with Gasteiger partial charge >= 0.3 is 6.18 Å². The SMILES string of the molecule is N#CCSc1nnc(NC(=O)c2ccccc2C(F)(F)F)s1. The largest absolute Gasteiger partial charge is 0.417 e. The lowest BCUT2D eigenvalue weighted by atomic mass is 10.1. The Hall–Kier alpha value is -2.12. The Morgan fingerprint density at radius 2 is 2.09 bits per heavy atom. The summed E-state index contributed by atoms with van der Waals surface area (Å²) >= 11 is 2.11. The van der Waals surface area contributed by atoms with Gasteiger partial charge in [0.1, 0.15) is 0 Å². The van der Waals surface area contributed by atoms with Gasteiger partial charge in [-0.2, -0.15) is 18.4 Å². The Balaban J connectivity index is 2.17. The number of halogens is 3. The Morgan fingerprint density at radius 3 is 2.77 bits per heavy atom. The van der Waals surface area contributed by atoms with Crippen LogP contribution in [0.25, 0.3) is 0 Å². The van der Waals surface area contributed by atoms with Crippen LogP contribution in [0.4, 0.5) is 18.3 Å². The summed E-state index contributed by atoms with van der Waals surface area (Å²) < 4.78 is 39.0. The van der Waals surface area contributed by atoms with Gasteiger partial charge in [0.05, 0.1) is 22.9 Å². The topological polar surface area (TPSA) is 78.7 Å². The van der Waals surface area contributed by atoms with Crippen molar-refractivity contribution in [3.8, 4) is 6.07 Å². The number of hydrogen-bond donors (Lipinski definition) is 1. The van der Waals surface area contributed by atoms with Crippen LogP contribution in [0.5, 0.6) is 0 Å². The lowest BCUT2D eigenvalue weighted by Gasteiger charge is -2.11. The summed E-state index contributed by atoms with van der Waals surface area (Å²) in [6, 6.07) is 6.39. The number of rotatable bonds is 4. The zero-order valence-electron chi connectivity index (χ0n) is 10.7. The fraction of sp³-hybridized carbons (Fsp3) is 0.167. The van der Waals surface area contributed by atoms with E-state index in [0.717, 1.165) is 35.2 Å². The molecule has 1 heterocycles. The predicted octanol–water partition coefficient (Wildman–Crippen LogP) is 3.42. The molecule has 10 heteroatoms. The van der Waals surface area contributed by atoms with Crippen LogP contribution >= 0.6 is 23.1 Å². The molecule has 1 amide bonds. The molecule has 1 N–H and O–H groups in total. The number of alkyl halides is 3. The van der Waals surface area contributed by atoms with E-state index in [1.54, 1.807) is 0 Å². The smallest absolute Gasteiger partial charge is 0.296 e. The minimum absolute atomic E-state index is 0.0717. The number of anilines is 1. The van der Waals surface area contributed by atoms with Gasteiger partial charge in [-0.1, -0.05) is 35.2 Å². The number of thioether (sulfide) groups is 1. The summed E-state index contributed by atoms with van der Waals surface area (Å²) in [6.07, 6.45) is -4.62. The van der Waals surface area contributed by atoms with Gasteiger partial charge in [0.25, 0.3) is 5.91 Å². The highest BCUT2D eigenvalue weighted by molar-refractivity contribution is 8.01. The van der Waals surface area contributed by atoms with Crippen molar-refractivity contribution in [3.63, 3.8) is 0 Å². The number of carbonyl (C=O) groups is 1. The summed E-state index contributed by atoms with van der Waals surface area (Å²) in [6.45, 7) is 0. The highest BCUT2D eigenvalue weighted by atomic mass is 32.2. The van der Waals surface area contributed by atoms with E-state index in [9.17, 15) is 18.0 Å². The van der Waals surface area contributed by atoms with Crippen LogP contribution in [-0.2, 0) is 6.18 Å². The molecule has 0 saturated carbocycles. The second-order valence-electron chi connectivity index (χ2n) is 3.82. The molecule has 0 bridgehead atoms. The minimum atomic E-state index is -4.62. The van der Waals surface area contributed by atoms with Crippen molar-refractivity contribution in [3.05, 3.63) is 35.4 Å². The molecule has 0 fully saturated rings. The van der Waals surface area contributed by atoms with Crippen molar-refractivity contribution < 1.29 is 18.0 Å². The summed E-state index contributed by atoms with van der Waals surface area (Å²) in [5, 5.41) is 18.2. The van der Waals surface area contributed by atoms with E-state index >= 15 is 0 Å². The highest BCUT2D eigenvalue weighted by Crippen LogP contribution is 2.32. The number of amides is 1. The lowest BCUT2D eigenvalue weighted by Crippen LogP contribution is -2.18. The number of nitrogens with zero attached hydrogens (tertiary/aromatic N) is 3. The summed E-state index contributed by atoms with van der Waals surface area (Å²) in [4.78, 5) is 12.0. The molecular formula is C12H7F3N4OS2. The van der Waals surface area contributed by atoms with E-state index in [1.807, 2.05) is 6.07 Å². The average molecular weight is 344 g/mol. The van der Waals surface area contributed by atoms with Crippen molar-refractivity contribution in [2.24, 2.45) is 0 Å². The lowest BCUT2D eigenvalue weighted by molar-refractivity contribution is -0.137. The van der Waals surface area contributed by atoms with Crippen LogP contribution in [-0.4, -0.2) is 21.9 Å². The fourth-order valence-corrected chi connectivity index (χ4v) is 2.91. The van der Waals surface area contributed by atoms with E-state index in [4.69, 9.17) is 5.26 Å². The van der Waals surface area contributed by atoms with E-state index < -0.39 is 23.2 Å². The third kappa shape index (κ3) is 3.96. The molecule has 1 aromatic carbocycles. The maximum atomic E-state index is 12.9. The monoisotopic (exact) mass is 344 g/mol. The van der Waals surface area contributed by atoms with Crippen LogP contribution < -0.4 is 5.32 Å². The highest BCUT2D eigenvalue weighted by Gasteiger charge is 2.34. The van der Waals surface area contributed by atoms with E-state index in [-0.39, 0.29) is 10.9 Å². The molecule has 5 nitrogen and oxygen atoms in total. The van der Waals surface area contributed by atoms with Crippen molar-refractivity contribution in [1.29, 1.82) is 5.26 Å². The molecule has 0 spiro atoms. The van der Waals surface area contributed by atoms with Gasteiger partial charge in [0.2, 0.25) is 5.13 Å². The van der Waals surface area contributed by atoms with Crippen molar-refractivity contribution >= 4 is 34.1 Å². The Labute approximate surface area is 131 Å². The number of nitrogens with one attached hydrogen (secondary N) is 1. The molecule has 0 unspecified atom stereocenters. The second kappa shape index (κ2) is 6.76. The summed E-state index contributed by atoms with van der Waals surface area (Å²) in [5.74, 6) is -0.750. The number of nitriles is 1. The van der Waals surface area contributed by atoms with Gasteiger partial charge in [-0.3, -0.25) is 10.1 Å². The number of carbonyl (C=O) groups excluding carboxylic acids is 1. The van der Waals surface area contributed by atoms with Crippen LogP contribution in [0.15, 0.2) is 28.6 Å². The molecule has 0 aliphatic heterocycles. The summed E-state index contributed by atoms with van der Waals surface area (Å²) in [5.41, 5.74) is -1.51. The van der Waals surface area contributed by atoms with Crippen molar-refractivity contribution in [2.75, 3.05) is 11.1 Å². The zero-order chi connectivity index (χ0) is 16.2. The minimum Gasteiger partial charge on any atom is -0.296 e. The van der Waals surface area contributed by atoms with Gasteiger partial charge in [-0.05, 0) is 12.1 Å². The van der Waals surface area contributed by atoms with Gasteiger partial charge < -0.3 is 0 Å². The van der Waals surface area contributed by atoms with E-state index in [1.165, 1.54) is 12.1 Å². The Kier molecular flexibility index (Phi) is 4.99. The molecule has 0 radical (unpaired) electrons. The van der Waals surface area contributed by atoms with Gasteiger partial charge in [-0.25, -0.2) is 0 Å². The molecule has 2 aromatic rings. The second-order valence-corrected chi connectivity index (χ2v) is 6.02. The molecule has 114 valence electrons. The number of aromatic nitrogens is 2. The third-order valence-electron chi connectivity index (χ3n) is 2.36. The van der Waals surface area contributed by atoms with Crippen molar-refractivity contribution in [2.45, 2.75) is 10.5 Å². The zero-order valence-corrected chi connectivity index (χ0v) is 12.3. The molecule has 0 aliphatic rings. The first-order valence-electron chi connectivity index (χ1n) is 5.72. The van der Waals surface area contributed by atoms with Gasteiger partial charge in [0, 0.05) is 0 Å². The van der Waals surface area contributed by atoms with Crippen LogP contribution in [0, 0.1) is 11.3 Å². The quantitative estimate of drug-likeness (QED) is 0.679. The van der Waals surface area contributed by atoms with Crippen LogP contribution in [0.3, 0.4) is 0 Å². The molecule has 0 saturated heterocycles. The standard InChI is InChI=1S/C12H7F3N4OS2/c13-12(14,15)8-4-2-1-3-7(8)9(20)17-10-18-19-11(22-10)21-6-5-16/h1-4H,6H2,(H,17,18,20). The molecule has 2 rings (SSSR count). The number of benzene rings is 1. The van der Waals surface area contributed by atoms with E-state index in [2.05, 4.69) is 15.5 Å². The first-order valence-corrected chi connectivity index (χ1v) is 7.53. The Morgan fingerprint density at radius 1 is 1.36 bits per heavy atom. The molecular weight excluding hydrogens is 337 g/mol. The molecule has 0 aliphatic carbocycles. The average Bonchev–Trinajstić information content (AvgIpc) is 2.91. The molecule has 0 atom stereocenters. The molecule has 1 aromatic heterocycles. The van der Waals surface area contributed by atoms with Crippen LogP contribution in [0.1, 0.15) is 15.9 Å². The normalized spacial score (nSPS) is 11.0. The van der Waals surface area contributed by atoms with Gasteiger partial charge in [0.15, 0.2) is 4.34 Å². The first-order chi connectivity index (χ1) is 10.4. The van der Waals surface area contributed by atoms with Crippen molar-refractivity contribution in [1.82, 2.24) is 10.2 Å². The summed E-state index contributed by atoms with van der Waals surface area (Å²) in [7, 11) is 0. The van der Waals surface area contributed by atoms with Gasteiger partial charge in [-0.15, -0.1) is 10.2 Å². The fourth-order valence-electron chi connectivity index (χ4n) is 1.51.